The topological polar surface area (TPSA) is 40.2 Å². The fraction of sp³-hybridized carbons (Fsp3) is 0.583. The van der Waals surface area contributed by atoms with Crippen LogP contribution in [-0.4, -0.2) is 38.2 Å². The van der Waals surface area contributed by atoms with Gasteiger partial charge in [-0.25, -0.2) is 0 Å². The van der Waals surface area contributed by atoms with E-state index in [0.717, 1.165) is 18.8 Å². The molecule has 2 N–H and O–H groups in total. The molecule has 0 saturated carbocycles. The number of nitrogens with one attached hydrogen (secondary N) is 2. The van der Waals surface area contributed by atoms with Gasteiger partial charge >= 0.3 is 0 Å². The molecule has 1 aliphatic rings. The second kappa shape index (κ2) is 5.16. The minimum absolute atomic E-state index is 0.525. The zero-order valence-corrected chi connectivity index (χ0v) is 10.0. The van der Waals surface area contributed by atoms with Gasteiger partial charge in [-0.05, 0) is 25.5 Å². The maximum Gasteiger partial charge on any atom is 0.0766 e. The average Bonchev–Trinajstić information content (AvgIpc) is 2.31. The van der Waals surface area contributed by atoms with E-state index in [9.17, 15) is 0 Å². The summed E-state index contributed by atoms with van der Waals surface area (Å²) < 4.78 is 0. The molecule has 88 valence electrons. The Morgan fingerprint density at radius 1 is 1.50 bits per heavy atom. The van der Waals surface area contributed by atoms with Gasteiger partial charge in [-0.15, -0.1) is 0 Å². The number of hydrogen-bond acceptors (Lipinski definition) is 4. The molecule has 2 heterocycles. The fourth-order valence-electron chi connectivity index (χ4n) is 2.08. The number of piperidine rings is 1. The van der Waals surface area contributed by atoms with Crippen LogP contribution in [0.1, 0.15) is 12.8 Å². The molecule has 0 bridgehead atoms. The van der Waals surface area contributed by atoms with Crippen LogP contribution in [0.25, 0.3) is 0 Å². The van der Waals surface area contributed by atoms with Crippen molar-refractivity contribution < 1.29 is 0 Å². The highest BCUT2D eigenvalue weighted by molar-refractivity contribution is 5.68. The molecule has 1 unspecified atom stereocenters. The molecular weight excluding hydrogens is 200 g/mol. The Balaban J connectivity index is 2.07. The molecule has 1 aromatic rings. The largest absolute Gasteiger partial charge is 0.378 e. The van der Waals surface area contributed by atoms with Crippen LogP contribution < -0.4 is 15.5 Å². The first kappa shape index (κ1) is 11.2. The van der Waals surface area contributed by atoms with E-state index in [0.29, 0.717) is 6.04 Å². The average molecular weight is 220 g/mol. The summed E-state index contributed by atoms with van der Waals surface area (Å²) in [7, 11) is 4.11. The van der Waals surface area contributed by atoms with Gasteiger partial charge in [-0.1, -0.05) is 0 Å². The van der Waals surface area contributed by atoms with Crippen LogP contribution in [0.2, 0.25) is 0 Å². The Labute approximate surface area is 97.1 Å². The molecular formula is C12H20N4. The minimum Gasteiger partial charge on any atom is -0.378 e. The Bertz CT molecular complexity index is 332. The summed E-state index contributed by atoms with van der Waals surface area (Å²) in [5.74, 6) is 0. The van der Waals surface area contributed by atoms with Crippen molar-refractivity contribution in [2.45, 2.75) is 18.9 Å². The first-order chi connectivity index (χ1) is 7.77. The van der Waals surface area contributed by atoms with Crippen LogP contribution in [0.4, 0.5) is 11.4 Å². The maximum absolute atomic E-state index is 4.18. The third kappa shape index (κ3) is 2.64. The SMILES string of the molecule is CN(C)c1ccncc1NC1CCCNC1. The van der Waals surface area contributed by atoms with Gasteiger partial charge < -0.3 is 15.5 Å². The molecule has 0 aliphatic carbocycles. The lowest BCUT2D eigenvalue weighted by atomic mass is 10.1. The molecule has 16 heavy (non-hydrogen) atoms. The standard InChI is InChI=1S/C12H20N4/c1-16(2)12-5-7-14-9-11(12)15-10-4-3-6-13-8-10/h5,7,9-10,13,15H,3-4,6,8H2,1-2H3. The first-order valence-electron chi connectivity index (χ1n) is 5.86. The zero-order chi connectivity index (χ0) is 11.4. The number of pyridine rings is 1. The molecule has 0 aromatic carbocycles. The second-order valence-electron chi connectivity index (χ2n) is 4.47. The molecule has 1 aliphatic heterocycles. The van der Waals surface area contributed by atoms with Crippen molar-refractivity contribution in [2.24, 2.45) is 0 Å². The molecule has 1 saturated heterocycles. The van der Waals surface area contributed by atoms with Crippen LogP contribution >= 0.6 is 0 Å². The van der Waals surface area contributed by atoms with Crippen LogP contribution in [0, 0.1) is 0 Å². The quantitative estimate of drug-likeness (QED) is 0.806. The summed E-state index contributed by atoms with van der Waals surface area (Å²) in [6.07, 6.45) is 6.22. The highest BCUT2D eigenvalue weighted by Gasteiger charge is 2.14. The van der Waals surface area contributed by atoms with Gasteiger partial charge in [-0.3, -0.25) is 4.98 Å². The molecule has 1 fully saturated rings. The third-order valence-electron chi connectivity index (χ3n) is 2.94. The second-order valence-corrected chi connectivity index (χ2v) is 4.47. The molecule has 4 heteroatoms. The monoisotopic (exact) mass is 220 g/mol. The highest BCUT2D eigenvalue weighted by Crippen LogP contribution is 2.23. The van der Waals surface area contributed by atoms with Crippen LogP contribution in [0.15, 0.2) is 18.5 Å². The molecule has 2 rings (SSSR count). The molecule has 4 nitrogen and oxygen atoms in total. The van der Waals surface area contributed by atoms with E-state index < -0.39 is 0 Å². The van der Waals surface area contributed by atoms with Crippen LogP contribution in [-0.2, 0) is 0 Å². The first-order valence-corrected chi connectivity index (χ1v) is 5.86. The molecule has 0 radical (unpaired) electrons. The van der Waals surface area contributed by atoms with E-state index in [-0.39, 0.29) is 0 Å². The van der Waals surface area contributed by atoms with Gasteiger partial charge in [0.25, 0.3) is 0 Å². The summed E-state index contributed by atoms with van der Waals surface area (Å²) in [4.78, 5) is 6.30. The minimum atomic E-state index is 0.525. The number of nitrogens with zero attached hydrogens (tertiary/aromatic N) is 2. The summed E-state index contributed by atoms with van der Waals surface area (Å²) in [5, 5.41) is 6.97. The normalized spacial score (nSPS) is 20.5. The summed E-state index contributed by atoms with van der Waals surface area (Å²) in [6, 6.07) is 2.56. The van der Waals surface area contributed by atoms with Gasteiger partial charge in [0.15, 0.2) is 0 Å². The van der Waals surface area contributed by atoms with Crippen molar-refractivity contribution in [3.05, 3.63) is 18.5 Å². The van der Waals surface area contributed by atoms with Crippen molar-refractivity contribution >= 4 is 11.4 Å². The van der Waals surface area contributed by atoms with Crippen molar-refractivity contribution in [1.82, 2.24) is 10.3 Å². The van der Waals surface area contributed by atoms with Crippen molar-refractivity contribution in [3.8, 4) is 0 Å². The van der Waals surface area contributed by atoms with Crippen molar-refractivity contribution in [1.29, 1.82) is 0 Å². The smallest absolute Gasteiger partial charge is 0.0766 e. The Hall–Kier alpha value is -1.29. The van der Waals surface area contributed by atoms with E-state index in [1.54, 1.807) is 0 Å². The van der Waals surface area contributed by atoms with E-state index in [2.05, 4.69) is 34.6 Å². The third-order valence-corrected chi connectivity index (χ3v) is 2.94. The van der Waals surface area contributed by atoms with Crippen LogP contribution in [0.5, 0.6) is 0 Å². The van der Waals surface area contributed by atoms with Gasteiger partial charge in [0.1, 0.15) is 0 Å². The lowest BCUT2D eigenvalue weighted by Gasteiger charge is -2.27. The molecule has 0 amide bonds. The number of hydrogen-bond donors (Lipinski definition) is 2. The number of anilines is 2. The van der Waals surface area contributed by atoms with Crippen molar-refractivity contribution in [3.63, 3.8) is 0 Å². The Kier molecular flexibility index (Phi) is 3.62. The van der Waals surface area contributed by atoms with E-state index in [4.69, 9.17) is 0 Å². The lowest BCUT2D eigenvalue weighted by Crippen LogP contribution is -2.38. The molecule has 0 spiro atoms. The predicted octanol–water partition coefficient (Wildman–Crippen LogP) is 1.31. The summed E-state index contributed by atoms with van der Waals surface area (Å²) in [6.45, 7) is 2.19. The number of aromatic nitrogens is 1. The van der Waals surface area contributed by atoms with Crippen LogP contribution in [0.3, 0.4) is 0 Å². The highest BCUT2D eigenvalue weighted by atomic mass is 15.1. The molecule has 1 aromatic heterocycles. The van der Waals surface area contributed by atoms with E-state index >= 15 is 0 Å². The van der Waals surface area contributed by atoms with E-state index in [1.807, 2.05) is 18.5 Å². The van der Waals surface area contributed by atoms with E-state index in [1.165, 1.54) is 18.5 Å². The lowest BCUT2D eigenvalue weighted by molar-refractivity contribution is 0.480. The summed E-state index contributed by atoms with van der Waals surface area (Å²) >= 11 is 0. The van der Waals surface area contributed by atoms with Crippen molar-refractivity contribution in [2.75, 3.05) is 37.4 Å². The Morgan fingerprint density at radius 2 is 2.38 bits per heavy atom. The van der Waals surface area contributed by atoms with Gasteiger partial charge in [0.2, 0.25) is 0 Å². The number of rotatable bonds is 3. The van der Waals surface area contributed by atoms with Gasteiger partial charge in [0, 0.05) is 32.9 Å². The Morgan fingerprint density at radius 3 is 3.06 bits per heavy atom. The predicted molar refractivity (Wildman–Crippen MR) is 68.1 cm³/mol. The molecule has 1 atom stereocenters. The maximum atomic E-state index is 4.18. The fourth-order valence-corrected chi connectivity index (χ4v) is 2.08. The summed E-state index contributed by atoms with van der Waals surface area (Å²) in [5.41, 5.74) is 2.32. The van der Waals surface area contributed by atoms with Gasteiger partial charge in [-0.2, -0.15) is 0 Å². The zero-order valence-electron chi connectivity index (χ0n) is 10.0. The van der Waals surface area contributed by atoms with Gasteiger partial charge in [0.05, 0.1) is 17.6 Å².